The number of hydrogen-bond acceptors (Lipinski definition) is 4. The molecule has 1 aromatic carbocycles. The molecule has 1 unspecified atom stereocenters. The molecule has 1 aliphatic rings. The Morgan fingerprint density at radius 3 is 3.05 bits per heavy atom. The van der Waals surface area contributed by atoms with E-state index in [1.807, 2.05) is 12.1 Å². The molecule has 1 aliphatic heterocycles. The zero-order chi connectivity index (χ0) is 14.7. The summed E-state index contributed by atoms with van der Waals surface area (Å²) in [5.74, 6) is 1.85. The molecule has 112 valence electrons. The summed E-state index contributed by atoms with van der Waals surface area (Å²) in [6.45, 7) is 1.73. The molecule has 0 radical (unpaired) electrons. The largest absolute Gasteiger partial charge is 0.497 e. The highest BCUT2D eigenvalue weighted by atomic mass is 79.9. The maximum atomic E-state index is 5.72. The summed E-state index contributed by atoms with van der Waals surface area (Å²) < 4.78 is 12.2. The van der Waals surface area contributed by atoms with E-state index in [0.29, 0.717) is 6.04 Å². The number of rotatable bonds is 5. The Balaban J connectivity index is 1.64. The van der Waals surface area contributed by atoms with Crippen LogP contribution in [-0.4, -0.2) is 20.3 Å². The van der Waals surface area contributed by atoms with Gasteiger partial charge in [0.05, 0.1) is 17.5 Å². The first-order chi connectivity index (χ1) is 10.3. The first kappa shape index (κ1) is 14.9. The van der Waals surface area contributed by atoms with Gasteiger partial charge in [0.1, 0.15) is 11.5 Å². The predicted molar refractivity (Wildman–Crippen MR) is 89.6 cm³/mol. The van der Waals surface area contributed by atoms with Crippen molar-refractivity contribution in [2.24, 2.45) is 0 Å². The maximum absolute atomic E-state index is 5.72. The van der Waals surface area contributed by atoms with Gasteiger partial charge in [-0.25, -0.2) is 0 Å². The molecule has 1 atom stereocenters. The van der Waals surface area contributed by atoms with Crippen LogP contribution >= 0.6 is 27.3 Å². The Labute approximate surface area is 137 Å². The normalized spacial score (nSPS) is 17.1. The van der Waals surface area contributed by atoms with Crippen LogP contribution in [0, 0.1) is 0 Å². The number of halogens is 1. The molecule has 0 saturated heterocycles. The van der Waals surface area contributed by atoms with E-state index in [1.165, 1.54) is 14.2 Å². The SMILES string of the molecule is COc1ccc2c(c1)C(NCCc1ccc(Br)s1)CCO2. The van der Waals surface area contributed by atoms with Crippen LogP contribution in [0.1, 0.15) is 22.9 Å². The van der Waals surface area contributed by atoms with Crippen molar-refractivity contribution in [1.29, 1.82) is 0 Å². The number of ether oxygens (including phenoxy) is 2. The molecule has 3 nitrogen and oxygen atoms in total. The van der Waals surface area contributed by atoms with Crippen molar-refractivity contribution >= 4 is 27.3 Å². The highest BCUT2D eigenvalue weighted by Crippen LogP contribution is 2.34. The second-order valence-corrected chi connectivity index (χ2v) is 7.55. The number of nitrogens with one attached hydrogen (secondary N) is 1. The van der Waals surface area contributed by atoms with Gasteiger partial charge in [0.2, 0.25) is 0 Å². The van der Waals surface area contributed by atoms with Gasteiger partial charge >= 0.3 is 0 Å². The lowest BCUT2D eigenvalue weighted by Gasteiger charge is -2.27. The van der Waals surface area contributed by atoms with Crippen LogP contribution < -0.4 is 14.8 Å². The quantitative estimate of drug-likeness (QED) is 0.859. The van der Waals surface area contributed by atoms with E-state index in [2.05, 4.69) is 39.4 Å². The van der Waals surface area contributed by atoms with Crippen molar-refractivity contribution in [3.05, 3.63) is 44.6 Å². The molecule has 2 heterocycles. The molecule has 0 amide bonds. The Morgan fingerprint density at radius 2 is 2.29 bits per heavy atom. The van der Waals surface area contributed by atoms with Crippen molar-refractivity contribution in [3.8, 4) is 11.5 Å². The summed E-state index contributed by atoms with van der Waals surface area (Å²) in [5.41, 5.74) is 1.20. The smallest absolute Gasteiger partial charge is 0.124 e. The zero-order valence-corrected chi connectivity index (χ0v) is 14.3. The molecule has 0 fully saturated rings. The molecule has 21 heavy (non-hydrogen) atoms. The van der Waals surface area contributed by atoms with Gasteiger partial charge in [0.25, 0.3) is 0 Å². The van der Waals surface area contributed by atoms with Crippen LogP contribution in [0.15, 0.2) is 34.1 Å². The second-order valence-electron chi connectivity index (χ2n) is 5.00. The minimum Gasteiger partial charge on any atom is -0.497 e. The van der Waals surface area contributed by atoms with Crippen LogP contribution in [0.5, 0.6) is 11.5 Å². The lowest BCUT2D eigenvalue weighted by molar-refractivity contribution is 0.252. The van der Waals surface area contributed by atoms with Crippen LogP contribution in [0.2, 0.25) is 0 Å². The number of benzene rings is 1. The molecule has 0 aliphatic carbocycles. The lowest BCUT2D eigenvalue weighted by Crippen LogP contribution is -2.28. The summed E-state index contributed by atoms with van der Waals surface area (Å²) in [7, 11) is 1.70. The number of methoxy groups -OCH3 is 1. The standard InChI is InChI=1S/C16H18BrNO2S/c1-19-11-2-4-15-13(10-11)14(7-9-20-15)18-8-6-12-3-5-16(17)21-12/h2-5,10,14,18H,6-9H2,1H3. The van der Waals surface area contributed by atoms with Crippen molar-refractivity contribution in [1.82, 2.24) is 5.32 Å². The highest BCUT2D eigenvalue weighted by molar-refractivity contribution is 9.11. The minimum atomic E-state index is 0.340. The molecule has 0 bridgehead atoms. The van der Waals surface area contributed by atoms with Gasteiger partial charge in [-0.05, 0) is 52.7 Å². The van der Waals surface area contributed by atoms with Gasteiger partial charge in [-0.1, -0.05) is 0 Å². The molecule has 0 spiro atoms. The molecule has 1 N–H and O–H groups in total. The average molecular weight is 368 g/mol. The average Bonchev–Trinajstić information content (AvgIpc) is 2.92. The third kappa shape index (κ3) is 3.59. The van der Waals surface area contributed by atoms with Gasteiger partial charge in [0, 0.05) is 29.4 Å². The van der Waals surface area contributed by atoms with Gasteiger partial charge < -0.3 is 14.8 Å². The fraction of sp³-hybridized carbons (Fsp3) is 0.375. The van der Waals surface area contributed by atoms with E-state index >= 15 is 0 Å². The first-order valence-electron chi connectivity index (χ1n) is 7.04. The second kappa shape index (κ2) is 6.81. The van der Waals surface area contributed by atoms with E-state index in [4.69, 9.17) is 9.47 Å². The third-order valence-electron chi connectivity index (χ3n) is 3.65. The fourth-order valence-corrected chi connectivity index (χ4v) is 4.05. The van der Waals surface area contributed by atoms with Crippen molar-refractivity contribution in [2.75, 3.05) is 20.3 Å². The molecule has 3 rings (SSSR count). The summed E-state index contributed by atoms with van der Waals surface area (Å²) >= 11 is 5.30. The van der Waals surface area contributed by atoms with E-state index in [9.17, 15) is 0 Å². The number of hydrogen-bond donors (Lipinski definition) is 1. The lowest BCUT2D eigenvalue weighted by atomic mass is 10.00. The monoisotopic (exact) mass is 367 g/mol. The Morgan fingerprint density at radius 1 is 1.38 bits per heavy atom. The van der Waals surface area contributed by atoms with Crippen molar-refractivity contribution in [3.63, 3.8) is 0 Å². The van der Waals surface area contributed by atoms with Gasteiger partial charge in [-0.3, -0.25) is 0 Å². The number of thiophene rings is 1. The predicted octanol–water partition coefficient (Wildman–Crippen LogP) is 4.18. The Hall–Kier alpha value is -1.04. The van der Waals surface area contributed by atoms with Gasteiger partial charge in [0.15, 0.2) is 0 Å². The van der Waals surface area contributed by atoms with Crippen LogP contribution in [0.3, 0.4) is 0 Å². The number of fused-ring (bicyclic) bond motifs is 1. The fourth-order valence-electron chi connectivity index (χ4n) is 2.57. The van der Waals surface area contributed by atoms with Crippen LogP contribution in [0.4, 0.5) is 0 Å². The Kier molecular flexibility index (Phi) is 4.83. The third-order valence-corrected chi connectivity index (χ3v) is 5.33. The van der Waals surface area contributed by atoms with Gasteiger partial charge in [-0.15, -0.1) is 11.3 Å². The Bertz CT molecular complexity index is 614. The molecule has 5 heteroatoms. The molecule has 0 saturated carbocycles. The van der Waals surface area contributed by atoms with E-state index in [-0.39, 0.29) is 0 Å². The molecular weight excluding hydrogens is 350 g/mol. The molecular formula is C16H18BrNO2S. The first-order valence-corrected chi connectivity index (χ1v) is 8.65. The summed E-state index contributed by atoms with van der Waals surface area (Å²) in [6.07, 6.45) is 2.04. The van der Waals surface area contributed by atoms with E-state index < -0.39 is 0 Å². The zero-order valence-electron chi connectivity index (χ0n) is 11.9. The van der Waals surface area contributed by atoms with E-state index in [1.54, 1.807) is 18.4 Å². The maximum Gasteiger partial charge on any atom is 0.124 e. The van der Waals surface area contributed by atoms with Crippen molar-refractivity contribution in [2.45, 2.75) is 18.9 Å². The summed E-state index contributed by atoms with van der Waals surface area (Å²) in [6, 6.07) is 10.6. The highest BCUT2D eigenvalue weighted by Gasteiger charge is 2.21. The van der Waals surface area contributed by atoms with Gasteiger partial charge in [-0.2, -0.15) is 0 Å². The molecule has 2 aromatic rings. The van der Waals surface area contributed by atoms with Crippen molar-refractivity contribution < 1.29 is 9.47 Å². The minimum absolute atomic E-state index is 0.340. The summed E-state index contributed by atoms with van der Waals surface area (Å²) in [5, 5.41) is 3.64. The molecule has 1 aromatic heterocycles. The van der Waals surface area contributed by atoms with Crippen LogP contribution in [-0.2, 0) is 6.42 Å². The van der Waals surface area contributed by atoms with E-state index in [0.717, 1.165) is 37.5 Å². The van der Waals surface area contributed by atoms with Crippen LogP contribution in [0.25, 0.3) is 0 Å². The topological polar surface area (TPSA) is 30.5 Å². The summed E-state index contributed by atoms with van der Waals surface area (Å²) in [4.78, 5) is 1.40.